The van der Waals surface area contributed by atoms with E-state index in [0.717, 1.165) is 0 Å². The van der Waals surface area contributed by atoms with Gasteiger partial charge in [-0.05, 0) is 48.0 Å². The zero-order chi connectivity index (χ0) is 17.7. The number of carboxylic acids is 1. The number of aliphatic carboxylic acids is 1. The summed E-state index contributed by atoms with van der Waals surface area (Å²) in [5.74, 6) is -1.67. The molecular formula is C17H12BrClN2O3. The van der Waals surface area contributed by atoms with Gasteiger partial charge in [-0.2, -0.15) is 5.26 Å². The third-order valence-electron chi connectivity index (χ3n) is 3.31. The highest BCUT2D eigenvalue weighted by molar-refractivity contribution is 9.10. The molecule has 0 saturated carbocycles. The smallest absolute Gasteiger partial charge is 0.326 e. The minimum Gasteiger partial charge on any atom is -0.480 e. The van der Waals surface area contributed by atoms with Gasteiger partial charge in [0.15, 0.2) is 0 Å². The van der Waals surface area contributed by atoms with Crippen molar-refractivity contribution >= 4 is 39.4 Å². The molecule has 0 aliphatic carbocycles. The second kappa shape index (κ2) is 7.95. The van der Waals surface area contributed by atoms with Gasteiger partial charge in [0.05, 0.1) is 11.6 Å². The Balaban J connectivity index is 2.16. The lowest BCUT2D eigenvalue weighted by molar-refractivity contribution is -0.139. The summed E-state index contributed by atoms with van der Waals surface area (Å²) in [5, 5.41) is 21.1. The molecule has 7 heteroatoms. The Morgan fingerprint density at radius 3 is 2.50 bits per heavy atom. The van der Waals surface area contributed by atoms with E-state index < -0.39 is 17.9 Å². The van der Waals surface area contributed by atoms with Crippen molar-refractivity contribution < 1.29 is 14.7 Å². The fourth-order valence-electron chi connectivity index (χ4n) is 2.06. The van der Waals surface area contributed by atoms with Gasteiger partial charge >= 0.3 is 5.97 Å². The lowest BCUT2D eigenvalue weighted by atomic mass is 10.1. The second-order valence-corrected chi connectivity index (χ2v) is 6.28. The van der Waals surface area contributed by atoms with Gasteiger partial charge in [-0.3, -0.25) is 4.79 Å². The van der Waals surface area contributed by atoms with Crippen LogP contribution >= 0.6 is 27.5 Å². The van der Waals surface area contributed by atoms with Crippen molar-refractivity contribution in [1.29, 1.82) is 5.26 Å². The Morgan fingerprint density at radius 2 is 1.92 bits per heavy atom. The third kappa shape index (κ3) is 4.57. The summed E-state index contributed by atoms with van der Waals surface area (Å²) in [6.07, 6.45) is 0.0818. The van der Waals surface area contributed by atoms with Crippen LogP contribution < -0.4 is 5.32 Å². The summed E-state index contributed by atoms with van der Waals surface area (Å²) < 4.78 is 0.714. The molecule has 0 fully saturated rings. The van der Waals surface area contributed by atoms with Crippen molar-refractivity contribution in [1.82, 2.24) is 5.32 Å². The maximum Gasteiger partial charge on any atom is 0.326 e. The van der Waals surface area contributed by atoms with Crippen LogP contribution in [0.3, 0.4) is 0 Å². The summed E-state index contributed by atoms with van der Waals surface area (Å²) in [4.78, 5) is 23.7. The molecule has 0 aliphatic rings. The van der Waals surface area contributed by atoms with E-state index in [0.29, 0.717) is 20.6 Å². The Kier molecular flexibility index (Phi) is 5.96. The fourth-order valence-corrected chi connectivity index (χ4v) is 2.66. The predicted octanol–water partition coefficient (Wildman–Crippen LogP) is 3.40. The van der Waals surface area contributed by atoms with E-state index in [1.54, 1.807) is 18.2 Å². The first-order chi connectivity index (χ1) is 11.4. The first-order valence-electron chi connectivity index (χ1n) is 6.88. The number of carboxylic acid groups (broad SMARTS) is 1. The van der Waals surface area contributed by atoms with E-state index in [1.807, 2.05) is 6.07 Å². The maximum atomic E-state index is 12.2. The number of amides is 1. The topological polar surface area (TPSA) is 90.2 Å². The molecule has 0 spiro atoms. The maximum absolute atomic E-state index is 12.2. The van der Waals surface area contributed by atoms with Gasteiger partial charge in [0.1, 0.15) is 6.04 Å². The van der Waals surface area contributed by atoms with Crippen LogP contribution in [0.4, 0.5) is 0 Å². The minimum absolute atomic E-state index is 0.0818. The van der Waals surface area contributed by atoms with Crippen LogP contribution in [0.5, 0.6) is 0 Å². The van der Waals surface area contributed by atoms with Crippen molar-refractivity contribution in [2.45, 2.75) is 12.5 Å². The van der Waals surface area contributed by atoms with E-state index in [2.05, 4.69) is 21.2 Å². The lowest BCUT2D eigenvalue weighted by Gasteiger charge is -2.16. The van der Waals surface area contributed by atoms with Crippen LogP contribution in [0.1, 0.15) is 21.5 Å². The van der Waals surface area contributed by atoms with Crippen molar-refractivity contribution in [3.63, 3.8) is 0 Å². The number of halogens is 2. The fraction of sp³-hybridized carbons (Fsp3) is 0.118. The van der Waals surface area contributed by atoms with Crippen LogP contribution in [0.2, 0.25) is 5.02 Å². The average molecular weight is 408 g/mol. The van der Waals surface area contributed by atoms with E-state index in [1.165, 1.54) is 24.3 Å². The standard InChI is InChI=1S/C17H12BrClN2O3/c18-14-6-5-13(19)7-12(14)8-15(17(23)24)21-16(22)11-3-1-10(9-20)2-4-11/h1-7,15H,8H2,(H,21,22)(H,23,24)/t15-/m1/s1. The van der Waals surface area contributed by atoms with Gasteiger partial charge in [-0.15, -0.1) is 0 Å². The van der Waals surface area contributed by atoms with Crippen LogP contribution in [0, 0.1) is 11.3 Å². The molecule has 122 valence electrons. The van der Waals surface area contributed by atoms with Gasteiger partial charge in [0.25, 0.3) is 5.91 Å². The summed E-state index contributed by atoms with van der Waals surface area (Å²) in [6, 6.07) is 11.8. The van der Waals surface area contributed by atoms with Gasteiger partial charge < -0.3 is 10.4 Å². The number of nitrogens with zero attached hydrogens (tertiary/aromatic N) is 1. The molecule has 0 aromatic heterocycles. The molecule has 1 atom stereocenters. The SMILES string of the molecule is N#Cc1ccc(C(=O)N[C@H](Cc2cc(Cl)ccc2Br)C(=O)O)cc1. The molecule has 2 rings (SSSR count). The van der Waals surface area contributed by atoms with Gasteiger partial charge in [0.2, 0.25) is 0 Å². The number of nitrogens with one attached hydrogen (secondary N) is 1. The highest BCUT2D eigenvalue weighted by Gasteiger charge is 2.22. The Bertz CT molecular complexity index is 816. The van der Waals surface area contributed by atoms with E-state index >= 15 is 0 Å². The van der Waals surface area contributed by atoms with Gasteiger partial charge in [-0.1, -0.05) is 27.5 Å². The highest BCUT2D eigenvalue weighted by atomic mass is 79.9. The number of hydrogen-bond acceptors (Lipinski definition) is 3. The molecule has 2 aromatic rings. The van der Waals surface area contributed by atoms with Gasteiger partial charge in [0, 0.05) is 21.5 Å². The molecule has 5 nitrogen and oxygen atoms in total. The van der Waals surface area contributed by atoms with Crippen molar-refractivity contribution in [2.24, 2.45) is 0 Å². The Hall–Kier alpha value is -2.36. The number of nitriles is 1. The van der Waals surface area contributed by atoms with Crippen molar-refractivity contribution in [2.75, 3.05) is 0 Å². The molecule has 0 saturated heterocycles. The van der Waals surface area contributed by atoms with Crippen LogP contribution in [-0.2, 0) is 11.2 Å². The molecule has 0 radical (unpaired) electrons. The summed E-state index contributed by atoms with van der Waals surface area (Å²) in [6.45, 7) is 0. The van der Waals surface area contributed by atoms with Crippen molar-refractivity contribution in [3.8, 4) is 6.07 Å². The summed E-state index contributed by atoms with van der Waals surface area (Å²) >= 11 is 9.27. The number of carbonyl (C=O) groups excluding carboxylic acids is 1. The van der Waals surface area contributed by atoms with E-state index in [4.69, 9.17) is 16.9 Å². The Morgan fingerprint density at radius 1 is 1.25 bits per heavy atom. The molecule has 1 amide bonds. The molecule has 2 N–H and O–H groups in total. The normalized spacial score (nSPS) is 11.4. The summed E-state index contributed by atoms with van der Waals surface area (Å²) in [5.41, 5.74) is 1.38. The van der Waals surface area contributed by atoms with E-state index in [9.17, 15) is 14.7 Å². The predicted molar refractivity (Wildman–Crippen MR) is 92.9 cm³/mol. The average Bonchev–Trinajstić information content (AvgIpc) is 2.57. The molecule has 0 heterocycles. The molecule has 0 bridgehead atoms. The van der Waals surface area contributed by atoms with Crippen LogP contribution in [-0.4, -0.2) is 23.0 Å². The number of carbonyl (C=O) groups is 2. The molecule has 0 aliphatic heterocycles. The number of hydrogen-bond donors (Lipinski definition) is 2. The zero-order valence-corrected chi connectivity index (χ0v) is 14.6. The van der Waals surface area contributed by atoms with Crippen molar-refractivity contribution in [3.05, 3.63) is 68.7 Å². The number of benzene rings is 2. The second-order valence-electron chi connectivity index (χ2n) is 4.99. The summed E-state index contributed by atoms with van der Waals surface area (Å²) in [7, 11) is 0. The first-order valence-corrected chi connectivity index (χ1v) is 8.05. The molecule has 2 aromatic carbocycles. The molecule has 0 unspecified atom stereocenters. The minimum atomic E-state index is -1.15. The monoisotopic (exact) mass is 406 g/mol. The lowest BCUT2D eigenvalue weighted by Crippen LogP contribution is -2.42. The van der Waals surface area contributed by atoms with Gasteiger partial charge in [-0.25, -0.2) is 4.79 Å². The quantitative estimate of drug-likeness (QED) is 0.795. The zero-order valence-electron chi connectivity index (χ0n) is 12.3. The third-order valence-corrected chi connectivity index (χ3v) is 4.32. The van der Waals surface area contributed by atoms with Crippen LogP contribution in [0.25, 0.3) is 0 Å². The van der Waals surface area contributed by atoms with Crippen LogP contribution in [0.15, 0.2) is 46.9 Å². The number of rotatable bonds is 5. The largest absolute Gasteiger partial charge is 0.480 e. The first kappa shape index (κ1) is 18.0. The van der Waals surface area contributed by atoms with E-state index in [-0.39, 0.29) is 12.0 Å². The molecular weight excluding hydrogens is 396 g/mol. The Labute approximate surface area is 152 Å². The molecule has 24 heavy (non-hydrogen) atoms. The highest BCUT2D eigenvalue weighted by Crippen LogP contribution is 2.22.